The largest absolute Gasteiger partial charge is 0.462 e. The number of hydrogen-bond donors (Lipinski definition) is 0. The first-order valence-corrected chi connectivity index (χ1v) is 13.7. The molecule has 3 atom stereocenters. The second-order valence-electron chi connectivity index (χ2n) is 10.5. The lowest BCUT2D eigenvalue weighted by Gasteiger charge is -2.34. The van der Waals surface area contributed by atoms with E-state index in [1.165, 1.54) is 57.8 Å². The summed E-state index contributed by atoms with van der Waals surface area (Å²) in [5.41, 5.74) is -0.293. The van der Waals surface area contributed by atoms with E-state index in [0.717, 1.165) is 57.8 Å². The second-order valence-corrected chi connectivity index (χ2v) is 10.5. The van der Waals surface area contributed by atoms with Gasteiger partial charge in [0.15, 0.2) is 0 Å². The third-order valence-corrected chi connectivity index (χ3v) is 7.55. The van der Waals surface area contributed by atoms with Crippen LogP contribution in [0.3, 0.4) is 0 Å². The molecule has 3 rings (SSSR count). The molecular weight excluding hydrogens is 420 g/mol. The van der Waals surface area contributed by atoms with Gasteiger partial charge in [0.05, 0.1) is 12.8 Å². The van der Waals surface area contributed by atoms with Gasteiger partial charge < -0.3 is 14.2 Å². The zero-order valence-corrected chi connectivity index (χ0v) is 20.5. The SMILES string of the molecule is O=C1CC(CCCCCCCCCCCCC2(CCCC3CC(=O)O3)CCCCC(=O)O2)O1. The summed E-state index contributed by atoms with van der Waals surface area (Å²) in [6, 6.07) is 0. The van der Waals surface area contributed by atoms with Crippen molar-refractivity contribution in [3.63, 3.8) is 0 Å². The number of ether oxygens (including phenoxy) is 3. The summed E-state index contributed by atoms with van der Waals surface area (Å²) in [4.78, 5) is 33.9. The highest BCUT2D eigenvalue weighted by Gasteiger charge is 2.36. The van der Waals surface area contributed by atoms with E-state index in [1.807, 2.05) is 0 Å². The maximum atomic E-state index is 12.2. The highest BCUT2D eigenvalue weighted by Crippen LogP contribution is 2.36. The summed E-state index contributed by atoms with van der Waals surface area (Å²) < 4.78 is 16.2. The zero-order valence-electron chi connectivity index (χ0n) is 20.5. The topological polar surface area (TPSA) is 78.9 Å². The van der Waals surface area contributed by atoms with Crippen molar-refractivity contribution in [3.05, 3.63) is 0 Å². The number of carbonyl (C=O) groups excluding carboxylic acids is 3. The van der Waals surface area contributed by atoms with Crippen LogP contribution in [-0.4, -0.2) is 35.7 Å². The monoisotopic (exact) mass is 464 g/mol. The fourth-order valence-corrected chi connectivity index (χ4v) is 5.47. The Hall–Kier alpha value is -1.59. The molecule has 0 spiro atoms. The summed E-state index contributed by atoms with van der Waals surface area (Å²) in [5.74, 6) is -0.159. The Morgan fingerprint density at radius 3 is 1.67 bits per heavy atom. The first kappa shape index (κ1) is 26.0. The molecule has 0 aromatic rings. The number of hydrogen-bond acceptors (Lipinski definition) is 6. The van der Waals surface area contributed by atoms with Crippen molar-refractivity contribution in [3.8, 4) is 0 Å². The van der Waals surface area contributed by atoms with Gasteiger partial charge in [-0.25, -0.2) is 0 Å². The van der Waals surface area contributed by atoms with Crippen molar-refractivity contribution >= 4 is 17.9 Å². The summed E-state index contributed by atoms with van der Waals surface area (Å²) >= 11 is 0. The van der Waals surface area contributed by atoms with Crippen molar-refractivity contribution in [1.29, 1.82) is 0 Å². The smallest absolute Gasteiger partial charge is 0.309 e. The van der Waals surface area contributed by atoms with E-state index in [-0.39, 0.29) is 35.7 Å². The third kappa shape index (κ3) is 9.66. The lowest BCUT2D eigenvalue weighted by molar-refractivity contribution is -0.171. The lowest BCUT2D eigenvalue weighted by atomic mass is 9.85. The van der Waals surface area contributed by atoms with Crippen LogP contribution < -0.4 is 0 Å². The first-order chi connectivity index (χ1) is 16.0. The number of cyclic esters (lactones) is 3. The fourth-order valence-electron chi connectivity index (χ4n) is 5.47. The molecule has 0 aromatic heterocycles. The summed E-state index contributed by atoms with van der Waals surface area (Å²) in [6.45, 7) is 0. The van der Waals surface area contributed by atoms with Gasteiger partial charge in [0.25, 0.3) is 0 Å². The molecule has 0 radical (unpaired) electrons. The van der Waals surface area contributed by atoms with Gasteiger partial charge in [-0.3, -0.25) is 14.4 Å². The standard InChI is InChI=1S/C27H44O6/c28-24-16-10-12-18-27(33-24,19-13-15-23-21-26(30)32-23)17-11-8-6-4-2-1-3-5-7-9-14-22-20-25(29)31-22/h22-23H,1-21H2. The Labute approximate surface area is 199 Å². The predicted octanol–water partition coefficient (Wildman–Crippen LogP) is 6.32. The fraction of sp³-hybridized carbons (Fsp3) is 0.889. The third-order valence-electron chi connectivity index (χ3n) is 7.55. The zero-order chi connectivity index (χ0) is 23.4. The minimum atomic E-state index is -0.293. The first-order valence-electron chi connectivity index (χ1n) is 13.7. The van der Waals surface area contributed by atoms with Gasteiger partial charge in [-0.1, -0.05) is 51.4 Å². The van der Waals surface area contributed by atoms with Crippen molar-refractivity contribution in [2.24, 2.45) is 0 Å². The molecule has 0 saturated carbocycles. The molecule has 6 nitrogen and oxygen atoms in total. The maximum Gasteiger partial charge on any atom is 0.309 e. The van der Waals surface area contributed by atoms with Crippen LogP contribution in [0.15, 0.2) is 0 Å². The van der Waals surface area contributed by atoms with E-state index in [1.54, 1.807) is 0 Å². The molecular formula is C27H44O6. The number of esters is 3. The summed E-state index contributed by atoms with van der Waals surface area (Å²) in [7, 11) is 0. The average Bonchev–Trinajstić information content (AvgIpc) is 2.93. The van der Waals surface area contributed by atoms with Crippen molar-refractivity contribution in [2.75, 3.05) is 0 Å². The average molecular weight is 465 g/mol. The molecule has 3 heterocycles. The number of carbonyl (C=O) groups is 3. The van der Waals surface area contributed by atoms with Crippen LogP contribution in [0.2, 0.25) is 0 Å². The van der Waals surface area contributed by atoms with Gasteiger partial charge in [0.1, 0.15) is 17.8 Å². The molecule has 0 aromatic carbocycles. The van der Waals surface area contributed by atoms with Crippen LogP contribution in [0.25, 0.3) is 0 Å². The maximum absolute atomic E-state index is 12.2. The van der Waals surface area contributed by atoms with Crippen molar-refractivity contribution in [1.82, 2.24) is 0 Å². The van der Waals surface area contributed by atoms with E-state index in [9.17, 15) is 14.4 Å². The Morgan fingerprint density at radius 2 is 1.09 bits per heavy atom. The molecule has 3 fully saturated rings. The van der Waals surface area contributed by atoms with Crippen LogP contribution in [0.4, 0.5) is 0 Å². The van der Waals surface area contributed by atoms with Crippen molar-refractivity contribution < 1.29 is 28.6 Å². The van der Waals surface area contributed by atoms with Gasteiger partial charge in [-0.2, -0.15) is 0 Å². The minimum Gasteiger partial charge on any atom is -0.462 e. The van der Waals surface area contributed by atoms with Crippen LogP contribution in [0.5, 0.6) is 0 Å². The van der Waals surface area contributed by atoms with Gasteiger partial charge in [-0.15, -0.1) is 0 Å². The quantitative estimate of drug-likeness (QED) is 0.142. The van der Waals surface area contributed by atoms with Gasteiger partial charge in [0, 0.05) is 6.42 Å². The Kier molecular flexibility index (Phi) is 11.0. The van der Waals surface area contributed by atoms with Crippen LogP contribution in [0, 0.1) is 0 Å². The molecule has 33 heavy (non-hydrogen) atoms. The molecule has 3 saturated heterocycles. The molecule has 0 bridgehead atoms. The Balaban J connectivity index is 1.19. The summed E-state index contributed by atoms with van der Waals surface area (Å²) in [5, 5.41) is 0. The Bertz CT molecular complexity index is 616. The van der Waals surface area contributed by atoms with E-state index in [0.29, 0.717) is 19.3 Å². The second kappa shape index (κ2) is 14.0. The van der Waals surface area contributed by atoms with E-state index >= 15 is 0 Å². The Morgan fingerprint density at radius 1 is 0.606 bits per heavy atom. The van der Waals surface area contributed by atoms with Gasteiger partial charge in [0.2, 0.25) is 0 Å². The molecule has 0 aliphatic carbocycles. The molecule has 0 amide bonds. The van der Waals surface area contributed by atoms with Crippen LogP contribution in [-0.2, 0) is 28.6 Å². The van der Waals surface area contributed by atoms with Gasteiger partial charge >= 0.3 is 17.9 Å². The minimum absolute atomic E-state index is 0.0312. The summed E-state index contributed by atoms with van der Waals surface area (Å²) in [6.07, 6.45) is 22.3. The van der Waals surface area contributed by atoms with E-state index in [2.05, 4.69) is 0 Å². The number of rotatable bonds is 17. The highest BCUT2D eigenvalue weighted by atomic mass is 16.6. The molecule has 0 N–H and O–H groups in total. The molecule has 3 aliphatic rings. The molecule has 6 heteroatoms. The van der Waals surface area contributed by atoms with Crippen molar-refractivity contribution in [2.45, 2.75) is 153 Å². The lowest BCUT2D eigenvalue weighted by Crippen LogP contribution is -2.36. The number of unbranched alkanes of at least 4 members (excludes halogenated alkanes) is 9. The highest BCUT2D eigenvalue weighted by molar-refractivity contribution is 5.75. The van der Waals surface area contributed by atoms with Gasteiger partial charge in [-0.05, 0) is 64.2 Å². The molecule has 3 unspecified atom stereocenters. The molecule has 188 valence electrons. The van der Waals surface area contributed by atoms with E-state index < -0.39 is 0 Å². The molecule has 3 aliphatic heterocycles. The van der Waals surface area contributed by atoms with Crippen LogP contribution in [0.1, 0.15) is 135 Å². The normalized spacial score (nSPS) is 27.1. The van der Waals surface area contributed by atoms with E-state index in [4.69, 9.17) is 14.2 Å². The predicted molar refractivity (Wildman–Crippen MR) is 126 cm³/mol. The van der Waals surface area contributed by atoms with Crippen LogP contribution >= 0.6 is 0 Å².